The van der Waals surface area contributed by atoms with Crippen molar-refractivity contribution in [3.05, 3.63) is 12.4 Å². The first-order valence-electron chi connectivity index (χ1n) is 7.09. The van der Waals surface area contributed by atoms with Crippen LogP contribution >= 0.6 is 0 Å². The van der Waals surface area contributed by atoms with Crippen molar-refractivity contribution < 1.29 is 8.42 Å². The Morgan fingerprint density at radius 1 is 1.45 bits per heavy atom. The minimum absolute atomic E-state index is 0.469. The summed E-state index contributed by atoms with van der Waals surface area (Å²) >= 11 is 0. The van der Waals surface area contributed by atoms with Gasteiger partial charge in [0.2, 0.25) is 0 Å². The summed E-state index contributed by atoms with van der Waals surface area (Å²) in [6.45, 7) is 5.30. The highest BCUT2D eigenvalue weighted by molar-refractivity contribution is 7.90. The highest BCUT2D eigenvalue weighted by Crippen LogP contribution is 2.20. The van der Waals surface area contributed by atoms with Crippen molar-refractivity contribution in [2.75, 3.05) is 30.9 Å². The molecule has 1 saturated heterocycles. The van der Waals surface area contributed by atoms with Gasteiger partial charge in [0.05, 0.1) is 11.9 Å². The Bertz CT molecular complexity index is 480. The van der Waals surface area contributed by atoms with Crippen LogP contribution in [0.4, 0.5) is 5.69 Å². The molecule has 1 fully saturated rings. The maximum Gasteiger partial charge on any atom is 0.301 e. The van der Waals surface area contributed by atoms with Crippen LogP contribution < -0.4 is 10.0 Å². The van der Waals surface area contributed by atoms with Crippen LogP contribution in [0.2, 0.25) is 0 Å². The van der Waals surface area contributed by atoms with Gasteiger partial charge in [0, 0.05) is 19.3 Å². The lowest BCUT2D eigenvalue weighted by Gasteiger charge is -2.31. The van der Waals surface area contributed by atoms with Gasteiger partial charge in [0.1, 0.15) is 0 Å². The van der Waals surface area contributed by atoms with E-state index in [1.165, 1.54) is 16.7 Å². The zero-order valence-corrected chi connectivity index (χ0v) is 12.6. The van der Waals surface area contributed by atoms with E-state index in [1.807, 2.05) is 0 Å². The number of hydrogen-bond donors (Lipinski definition) is 3. The summed E-state index contributed by atoms with van der Waals surface area (Å²) in [7, 11) is -3.45. The Labute approximate surface area is 120 Å². The van der Waals surface area contributed by atoms with Crippen LogP contribution in [0.15, 0.2) is 12.4 Å². The molecule has 1 aromatic rings. The van der Waals surface area contributed by atoms with Crippen LogP contribution in [-0.4, -0.2) is 49.1 Å². The number of H-pyrrole nitrogens is 1. The van der Waals surface area contributed by atoms with Gasteiger partial charge in [-0.3, -0.25) is 9.82 Å². The van der Waals surface area contributed by atoms with E-state index in [-0.39, 0.29) is 0 Å². The van der Waals surface area contributed by atoms with Crippen LogP contribution in [0.3, 0.4) is 0 Å². The molecule has 0 aliphatic carbocycles. The Morgan fingerprint density at radius 2 is 2.20 bits per heavy atom. The van der Waals surface area contributed by atoms with Crippen molar-refractivity contribution in [3.63, 3.8) is 0 Å². The molecule has 1 aliphatic heterocycles. The van der Waals surface area contributed by atoms with Gasteiger partial charge in [-0.05, 0) is 38.3 Å². The van der Waals surface area contributed by atoms with Gasteiger partial charge in [-0.15, -0.1) is 0 Å². The molecular formula is C12H23N5O2S. The van der Waals surface area contributed by atoms with Gasteiger partial charge >= 0.3 is 10.2 Å². The molecule has 3 N–H and O–H groups in total. The molecule has 1 aromatic heterocycles. The van der Waals surface area contributed by atoms with Crippen LogP contribution in [0.1, 0.15) is 26.2 Å². The molecule has 20 heavy (non-hydrogen) atoms. The summed E-state index contributed by atoms with van der Waals surface area (Å²) in [5.74, 6) is 0.571. The number of rotatable bonds is 7. The van der Waals surface area contributed by atoms with Crippen LogP contribution in [0.5, 0.6) is 0 Å². The van der Waals surface area contributed by atoms with Gasteiger partial charge in [0.15, 0.2) is 0 Å². The zero-order chi connectivity index (χ0) is 14.4. The lowest BCUT2D eigenvalue weighted by molar-refractivity contribution is 0.269. The average Bonchev–Trinajstić information content (AvgIpc) is 2.92. The van der Waals surface area contributed by atoms with Gasteiger partial charge in [-0.25, -0.2) is 0 Å². The number of nitrogens with zero attached hydrogens (tertiary/aromatic N) is 2. The normalized spacial score (nSPS) is 18.2. The summed E-state index contributed by atoms with van der Waals surface area (Å²) in [6.07, 6.45) is 5.92. The number of hydrogen-bond acceptors (Lipinski definition) is 4. The van der Waals surface area contributed by atoms with Crippen LogP contribution in [-0.2, 0) is 10.2 Å². The lowest BCUT2D eigenvalue weighted by atomic mass is 9.98. The number of aromatic amines is 1. The fourth-order valence-electron chi connectivity index (χ4n) is 2.36. The number of aromatic nitrogens is 2. The van der Waals surface area contributed by atoms with Crippen molar-refractivity contribution in [2.45, 2.75) is 26.2 Å². The molecule has 1 aliphatic rings. The second-order valence-electron chi connectivity index (χ2n) is 5.14. The molecule has 2 rings (SSSR count). The lowest BCUT2D eigenvalue weighted by Crippen LogP contribution is -2.43. The molecule has 0 amide bonds. The first-order chi connectivity index (χ1) is 9.62. The van der Waals surface area contributed by atoms with Gasteiger partial charge in [-0.2, -0.15) is 17.8 Å². The molecular weight excluding hydrogens is 278 g/mol. The van der Waals surface area contributed by atoms with Gasteiger partial charge < -0.3 is 5.32 Å². The van der Waals surface area contributed by atoms with Crippen molar-refractivity contribution in [2.24, 2.45) is 5.92 Å². The topological polar surface area (TPSA) is 90.1 Å². The highest BCUT2D eigenvalue weighted by Gasteiger charge is 2.27. The van der Waals surface area contributed by atoms with Crippen molar-refractivity contribution in [3.8, 4) is 0 Å². The van der Waals surface area contributed by atoms with E-state index < -0.39 is 10.2 Å². The highest BCUT2D eigenvalue weighted by atomic mass is 32.2. The number of nitrogens with one attached hydrogen (secondary N) is 3. The molecule has 0 spiro atoms. The molecule has 7 nitrogen and oxygen atoms in total. The molecule has 2 heterocycles. The number of piperidine rings is 1. The first kappa shape index (κ1) is 15.3. The molecule has 0 atom stereocenters. The third-order valence-corrected chi connectivity index (χ3v) is 5.06. The Kier molecular flexibility index (Phi) is 5.38. The molecule has 0 unspecified atom stereocenters. The largest absolute Gasteiger partial charge is 0.316 e. The summed E-state index contributed by atoms with van der Waals surface area (Å²) in [6, 6.07) is 0. The SMILES string of the molecule is CCCNCC1CCN(S(=O)(=O)Nc2cn[nH]c2)CC1. The van der Waals surface area contributed by atoms with E-state index >= 15 is 0 Å². The second kappa shape index (κ2) is 7.05. The van der Waals surface area contributed by atoms with Crippen molar-refractivity contribution in [1.29, 1.82) is 0 Å². The van der Waals surface area contributed by atoms with Crippen LogP contribution in [0.25, 0.3) is 0 Å². The maximum absolute atomic E-state index is 12.2. The molecule has 0 bridgehead atoms. The van der Waals surface area contributed by atoms with Gasteiger partial charge in [0.25, 0.3) is 0 Å². The predicted molar refractivity (Wildman–Crippen MR) is 78.6 cm³/mol. The van der Waals surface area contributed by atoms with Gasteiger partial charge in [-0.1, -0.05) is 6.92 Å². The average molecular weight is 301 g/mol. The Balaban J connectivity index is 1.80. The molecule has 0 saturated carbocycles. The van der Waals surface area contributed by atoms with Crippen molar-refractivity contribution >= 4 is 15.9 Å². The van der Waals surface area contributed by atoms with Crippen LogP contribution in [0, 0.1) is 5.92 Å². The summed E-state index contributed by atoms with van der Waals surface area (Å²) in [5.41, 5.74) is 0.469. The smallest absolute Gasteiger partial charge is 0.301 e. The van der Waals surface area contributed by atoms with E-state index in [0.717, 1.165) is 32.4 Å². The predicted octanol–water partition coefficient (Wildman–Crippen LogP) is 0.778. The second-order valence-corrected chi connectivity index (χ2v) is 6.81. The van der Waals surface area contributed by atoms with E-state index in [0.29, 0.717) is 24.7 Å². The Morgan fingerprint density at radius 3 is 2.80 bits per heavy atom. The Hall–Kier alpha value is -1.12. The third-order valence-electron chi connectivity index (χ3n) is 3.52. The van der Waals surface area contributed by atoms with E-state index in [9.17, 15) is 8.42 Å². The van der Waals surface area contributed by atoms with E-state index in [1.54, 1.807) is 0 Å². The van der Waals surface area contributed by atoms with E-state index in [4.69, 9.17) is 0 Å². The molecule has 0 radical (unpaired) electrons. The standard InChI is InChI=1S/C12H23N5O2S/c1-2-5-13-8-11-3-6-17(7-4-11)20(18,19)16-12-9-14-15-10-12/h9-11,13,16H,2-8H2,1H3,(H,14,15). The first-order valence-corrected chi connectivity index (χ1v) is 8.53. The monoisotopic (exact) mass is 301 g/mol. The van der Waals surface area contributed by atoms with E-state index in [2.05, 4.69) is 27.2 Å². The van der Waals surface area contributed by atoms with Crippen molar-refractivity contribution in [1.82, 2.24) is 19.8 Å². The molecule has 0 aromatic carbocycles. The fraction of sp³-hybridized carbons (Fsp3) is 0.750. The fourth-order valence-corrected chi connectivity index (χ4v) is 3.59. The quantitative estimate of drug-likeness (QED) is 0.649. The summed E-state index contributed by atoms with van der Waals surface area (Å²) in [4.78, 5) is 0. The molecule has 114 valence electrons. The third kappa shape index (κ3) is 4.19. The minimum atomic E-state index is -3.45. The number of anilines is 1. The maximum atomic E-state index is 12.2. The minimum Gasteiger partial charge on any atom is -0.316 e. The molecule has 8 heteroatoms. The zero-order valence-electron chi connectivity index (χ0n) is 11.8. The summed E-state index contributed by atoms with van der Waals surface area (Å²) < 4.78 is 28.4. The summed E-state index contributed by atoms with van der Waals surface area (Å²) in [5, 5.41) is 9.71.